The van der Waals surface area contributed by atoms with Gasteiger partial charge in [-0.3, -0.25) is 4.79 Å². The molecular weight excluding hydrogens is 299 g/mol. The first-order valence-corrected chi connectivity index (χ1v) is 7.46. The van der Waals surface area contributed by atoms with Crippen molar-refractivity contribution in [3.63, 3.8) is 0 Å². The number of piperazine rings is 1. The van der Waals surface area contributed by atoms with Gasteiger partial charge in [0.15, 0.2) is 0 Å². The highest BCUT2D eigenvalue weighted by Crippen LogP contribution is 2.23. The monoisotopic (exact) mass is 316 g/mol. The maximum Gasteiger partial charge on any atom is 0.237 e. The molecule has 1 amide bonds. The number of hydrogen-bond donors (Lipinski definition) is 0. The van der Waals surface area contributed by atoms with Crippen LogP contribution in [-0.2, 0) is 9.53 Å². The number of rotatable bonds is 3. The molecule has 0 unspecified atom stereocenters. The van der Waals surface area contributed by atoms with Crippen LogP contribution in [0.5, 0.6) is 0 Å². The standard InChI is InChI=1S/C14H18Cl2N2O2/c1-20-13-9-11(3-2-4-12(13)16)17-5-7-18(8-6-17)14(19)10-15/h2,4,9H,3,5-8,10H2,1H3. The van der Waals surface area contributed by atoms with Gasteiger partial charge in [-0.2, -0.15) is 0 Å². The Kier molecular flexibility index (Phi) is 5.38. The molecule has 0 atom stereocenters. The van der Waals surface area contributed by atoms with Crippen molar-refractivity contribution in [2.75, 3.05) is 39.2 Å². The van der Waals surface area contributed by atoms with Crippen molar-refractivity contribution in [3.8, 4) is 0 Å². The van der Waals surface area contributed by atoms with E-state index in [1.54, 1.807) is 12.0 Å². The Bertz CT molecular complexity index is 464. The van der Waals surface area contributed by atoms with Gasteiger partial charge in [0, 0.05) is 44.4 Å². The van der Waals surface area contributed by atoms with Gasteiger partial charge < -0.3 is 14.5 Å². The fraction of sp³-hybridized carbons (Fsp3) is 0.500. The predicted molar refractivity (Wildman–Crippen MR) is 80.6 cm³/mol. The molecular formula is C14H18Cl2N2O2. The lowest BCUT2D eigenvalue weighted by molar-refractivity contribution is -0.129. The van der Waals surface area contributed by atoms with E-state index < -0.39 is 0 Å². The molecule has 4 nitrogen and oxygen atoms in total. The molecule has 0 aromatic rings. The van der Waals surface area contributed by atoms with Gasteiger partial charge in [0.1, 0.15) is 11.6 Å². The molecule has 0 bridgehead atoms. The summed E-state index contributed by atoms with van der Waals surface area (Å²) < 4.78 is 5.29. The Morgan fingerprint density at radius 3 is 2.65 bits per heavy atom. The summed E-state index contributed by atoms with van der Waals surface area (Å²) in [6.07, 6.45) is 6.67. The smallest absolute Gasteiger partial charge is 0.237 e. The molecule has 1 heterocycles. The number of alkyl halides is 1. The van der Waals surface area contributed by atoms with Crippen LogP contribution in [0.4, 0.5) is 0 Å². The zero-order chi connectivity index (χ0) is 14.5. The summed E-state index contributed by atoms with van der Waals surface area (Å²) in [6, 6.07) is 0. The Morgan fingerprint density at radius 2 is 2.05 bits per heavy atom. The van der Waals surface area contributed by atoms with Crippen molar-refractivity contribution in [2.24, 2.45) is 0 Å². The predicted octanol–water partition coefficient (Wildman–Crippen LogP) is 2.31. The Hall–Kier alpha value is -1.13. The van der Waals surface area contributed by atoms with E-state index in [0.29, 0.717) is 23.9 Å². The van der Waals surface area contributed by atoms with Crippen LogP contribution < -0.4 is 0 Å². The number of methoxy groups -OCH3 is 1. The molecule has 2 rings (SSSR count). The fourth-order valence-electron chi connectivity index (χ4n) is 2.35. The van der Waals surface area contributed by atoms with Gasteiger partial charge >= 0.3 is 0 Å². The van der Waals surface area contributed by atoms with Crippen LogP contribution in [0.15, 0.2) is 34.7 Å². The first-order valence-electron chi connectivity index (χ1n) is 6.55. The summed E-state index contributed by atoms with van der Waals surface area (Å²) in [7, 11) is 1.61. The maximum absolute atomic E-state index is 11.6. The van der Waals surface area contributed by atoms with E-state index in [2.05, 4.69) is 4.90 Å². The van der Waals surface area contributed by atoms with Crippen LogP contribution in [0.2, 0.25) is 0 Å². The lowest BCUT2D eigenvalue weighted by Crippen LogP contribution is -2.48. The van der Waals surface area contributed by atoms with Gasteiger partial charge in [-0.15, -0.1) is 11.6 Å². The molecule has 1 saturated heterocycles. The SMILES string of the molecule is COC1=C(Cl)C=CCC(N2CCN(C(=O)CCl)CC2)=C1. The second kappa shape index (κ2) is 7.04. The zero-order valence-electron chi connectivity index (χ0n) is 11.4. The third-order valence-corrected chi connectivity index (χ3v) is 4.04. The average Bonchev–Trinajstić information content (AvgIpc) is 2.68. The minimum Gasteiger partial charge on any atom is -0.495 e. The van der Waals surface area contributed by atoms with Crippen molar-refractivity contribution in [1.82, 2.24) is 9.80 Å². The average molecular weight is 317 g/mol. The molecule has 6 heteroatoms. The van der Waals surface area contributed by atoms with Gasteiger partial charge in [0.25, 0.3) is 0 Å². The number of allylic oxidation sites excluding steroid dienone is 4. The van der Waals surface area contributed by atoms with E-state index in [1.165, 1.54) is 0 Å². The molecule has 0 aromatic carbocycles. The molecule has 110 valence electrons. The van der Waals surface area contributed by atoms with Crippen molar-refractivity contribution >= 4 is 29.1 Å². The molecule has 0 N–H and O–H groups in total. The minimum atomic E-state index is 0.00146. The number of halogens is 2. The highest BCUT2D eigenvalue weighted by atomic mass is 35.5. The van der Waals surface area contributed by atoms with E-state index in [0.717, 1.165) is 25.2 Å². The highest BCUT2D eigenvalue weighted by Gasteiger charge is 2.22. The molecule has 0 saturated carbocycles. The van der Waals surface area contributed by atoms with E-state index >= 15 is 0 Å². The molecule has 2 aliphatic rings. The Balaban J connectivity index is 2.04. The van der Waals surface area contributed by atoms with Crippen LogP contribution in [0, 0.1) is 0 Å². The Morgan fingerprint density at radius 1 is 1.35 bits per heavy atom. The van der Waals surface area contributed by atoms with Crippen LogP contribution in [0.3, 0.4) is 0 Å². The summed E-state index contributed by atoms with van der Waals surface area (Å²) in [4.78, 5) is 15.6. The third kappa shape index (κ3) is 3.49. The normalized spacial score (nSPS) is 19.9. The van der Waals surface area contributed by atoms with Crippen LogP contribution in [0.1, 0.15) is 6.42 Å². The lowest BCUT2D eigenvalue weighted by Gasteiger charge is -2.37. The summed E-state index contributed by atoms with van der Waals surface area (Å²) in [5.41, 5.74) is 1.16. The van der Waals surface area contributed by atoms with Crippen molar-refractivity contribution < 1.29 is 9.53 Å². The number of amides is 1. The van der Waals surface area contributed by atoms with Gasteiger partial charge in [0.05, 0.1) is 12.1 Å². The number of hydrogen-bond acceptors (Lipinski definition) is 3. The summed E-state index contributed by atoms with van der Waals surface area (Å²) in [6.45, 7) is 3.01. The van der Waals surface area contributed by atoms with E-state index in [4.69, 9.17) is 27.9 Å². The van der Waals surface area contributed by atoms with Crippen molar-refractivity contribution in [3.05, 3.63) is 34.7 Å². The quantitative estimate of drug-likeness (QED) is 0.749. The summed E-state index contributed by atoms with van der Waals surface area (Å²) in [5.74, 6) is 0.730. The molecule has 0 aromatic heterocycles. The third-order valence-electron chi connectivity index (χ3n) is 3.50. The molecule has 0 spiro atoms. The van der Waals surface area contributed by atoms with Crippen LogP contribution in [0.25, 0.3) is 0 Å². The van der Waals surface area contributed by atoms with E-state index in [-0.39, 0.29) is 11.8 Å². The molecule has 0 radical (unpaired) electrons. The topological polar surface area (TPSA) is 32.8 Å². The molecule has 1 aliphatic carbocycles. The van der Waals surface area contributed by atoms with E-state index in [9.17, 15) is 4.79 Å². The fourth-order valence-corrected chi connectivity index (χ4v) is 2.74. The first kappa shape index (κ1) is 15.3. The molecule has 1 aliphatic heterocycles. The highest BCUT2D eigenvalue weighted by molar-refractivity contribution is 6.31. The van der Waals surface area contributed by atoms with Crippen molar-refractivity contribution in [1.29, 1.82) is 0 Å². The van der Waals surface area contributed by atoms with Gasteiger partial charge in [0.2, 0.25) is 5.91 Å². The number of nitrogens with zero attached hydrogens (tertiary/aromatic N) is 2. The maximum atomic E-state index is 11.6. The van der Waals surface area contributed by atoms with Crippen LogP contribution >= 0.6 is 23.2 Å². The number of carbonyl (C=O) groups is 1. The number of ether oxygens (including phenoxy) is 1. The molecule has 1 fully saturated rings. The summed E-state index contributed by atoms with van der Waals surface area (Å²) in [5, 5.41) is 0.610. The zero-order valence-corrected chi connectivity index (χ0v) is 13.0. The second-order valence-corrected chi connectivity index (χ2v) is 5.33. The second-order valence-electron chi connectivity index (χ2n) is 4.66. The van der Waals surface area contributed by atoms with Gasteiger partial charge in [-0.25, -0.2) is 0 Å². The van der Waals surface area contributed by atoms with Crippen LogP contribution in [-0.4, -0.2) is 54.9 Å². The largest absolute Gasteiger partial charge is 0.495 e. The lowest BCUT2D eigenvalue weighted by atomic mass is 10.2. The minimum absolute atomic E-state index is 0.00146. The first-order chi connectivity index (χ1) is 9.65. The Labute approximate surface area is 129 Å². The summed E-state index contributed by atoms with van der Waals surface area (Å²) >= 11 is 11.7. The van der Waals surface area contributed by atoms with Gasteiger partial charge in [-0.05, 0) is 6.08 Å². The van der Waals surface area contributed by atoms with Crippen molar-refractivity contribution in [2.45, 2.75) is 6.42 Å². The van der Waals surface area contributed by atoms with E-state index in [1.807, 2.05) is 18.2 Å². The number of carbonyl (C=O) groups excluding carboxylic acids is 1. The molecule has 20 heavy (non-hydrogen) atoms. The van der Waals surface area contributed by atoms with Gasteiger partial charge in [-0.1, -0.05) is 17.7 Å².